The molecule has 0 atom stereocenters. The number of hydrogen-bond donors (Lipinski definition) is 2. The van der Waals surface area contributed by atoms with Gasteiger partial charge in [-0.3, -0.25) is 0 Å². The van der Waals surface area contributed by atoms with Crippen LogP contribution in [0, 0.1) is 0 Å². The molecule has 0 saturated carbocycles. The molecule has 1 heterocycles. The number of hydrogen-bond acceptors (Lipinski definition) is 8. The van der Waals surface area contributed by atoms with Crippen molar-refractivity contribution in [1.82, 2.24) is 9.97 Å². The van der Waals surface area contributed by atoms with Gasteiger partial charge < -0.3 is 20.9 Å². The van der Waals surface area contributed by atoms with Gasteiger partial charge in [-0.05, 0) is 25.7 Å². The molecule has 10 heteroatoms. The molecule has 0 unspecified atom stereocenters. The Kier molecular flexibility index (Phi) is 9.62. The molecule has 0 saturated heterocycles. The molecule has 0 radical (unpaired) electrons. The molecule has 8 nitrogen and oxygen atoms in total. The summed E-state index contributed by atoms with van der Waals surface area (Å²) in [6.07, 6.45) is 3.16. The van der Waals surface area contributed by atoms with Crippen molar-refractivity contribution < 1.29 is 19.1 Å². The fourth-order valence-electron chi connectivity index (χ4n) is 1.62. The van der Waals surface area contributed by atoms with Crippen molar-refractivity contribution in [2.75, 3.05) is 35.3 Å². The van der Waals surface area contributed by atoms with E-state index < -0.39 is 11.9 Å². The van der Waals surface area contributed by atoms with Gasteiger partial charge in [-0.15, -0.1) is 0 Å². The van der Waals surface area contributed by atoms with Crippen molar-refractivity contribution in [3.63, 3.8) is 0 Å². The molecule has 0 aliphatic carbocycles. The molecule has 1 rings (SSSR count). The van der Waals surface area contributed by atoms with E-state index in [0.29, 0.717) is 12.8 Å². The summed E-state index contributed by atoms with van der Waals surface area (Å²) in [5, 5.41) is 1.65. The number of nitrogen functional groups attached to an aromatic ring is 2. The number of carbonyl (C=O) groups excluding carboxylic acids is 2. The van der Waals surface area contributed by atoms with E-state index in [-0.39, 0.29) is 36.2 Å². The fourth-order valence-corrected chi connectivity index (χ4v) is 2.41. The largest absolute Gasteiger partial charge is 0.461 e. The lowest BCUT2D eigenvalue weighted by atomic mass is 10.3. The molecule has 0 aromatic carbocycles. The van der Waals surface area contributed by atoms with E-state index in [1.165, 1.54) is 0 Å². The third kappa shape index (κ3) is 6.60. The molecule has 1 aromatic heterocycles. The smallest absolute Gasteiger partial charge is 0.360 e. The first kappa shape index (κ1) is 20.6. The molecular weight excluding hydrogens is 448 g/mol. The van der Waals surface area contributed by atoms with Crippen molar-refractivity contribution in [1.29, 1.82) is 0 Å². The zero-order chi connectivity index (χ0) is 17.9. The van der Waals surface area contributed by atoms with Crippen LogP contribution in [0.15, 0.2) is 0 Å². The van der Waals surface area contributed by atoms with Crippen LogP contribution in [-0.4, -0.2) is 45.8 Å². The quantitative estimate of drug-likeness (QED) is 0.304. The molecule has 0 aliphatic heterocycles. The van der Waals surface area contributed by atoms with Gasteiger partial charge in [-0.1, -0.05) is 31.9 Å². The topological polar surface area (TPSA) is 130 Å². The Labute approximate surface area is 156 Å². The van der Waals surface area contributed by atoms with Crippen LogP contribution in [0.3, 0.4) is 0 Å². The van der Waals surface area contributed by atoms with Crippen molar-refractivity contribution >= 4 is 55.4 Å². The molecular formula is C14H20Br2N4O4. The predicted molar refractivity (Wildman–Crippen MR) is 97.5 cm³/mol. The van der Waals surface area contributed by atoms with Gasteiger partial charge in [0.2, 0.25) is 0 Å². The summed E-state index contributed by atoms with van der Waals surface area (Å²) in [4.78, 5) is 31.5. The van der Waals surface area contributed by atoms with Gasteiger partial charge in [0.15, 0.2) is 23.0 Å². The molecule has 1 aromatic rings. The minimum Gasteiger partial charge on any atom is -0.461 e. The van der Waals surface area contributed by atoms with Crippen LogP contribution < -0.4 is 11.5 Å². The first-order chi connectivity index (χ1) is 11.5. The van der Waals surface area contributed by atoms with Crippen LogP contribution in [0.2, 0.25) is 0 Å². The summed E-state index contributed by atoms with van der Waals surface area (Å²) in [7, 11) is 0. The molecule has 0 aliphatic rings. The van der Waals surface area contributed by atoms with Crippen molar-refractivity contribution in [2.45, 2.75) is 25.7 Å². The second kappa shape index (κ2) is 11.2. The Morgan fingerprint density at radius 3 is 1.50 bits per heavy atom. The standard InChI is InChI=1S/C14H20Br2N4O4/c15-5-1-3-7-23-13(21)9-11(17)20-10(12(18)19-9)14(22)24-8-4-2-6-16/h1-8H2,(H2,18,19)(H2,17,20). The van der Waals surface area contributed by atoms with E-state index in [0.717, 1.165) is 23.5 Å². The lowest BCUT2D eigenvalue weighted by molar-refractivity contribution is 0.0477. The molecule has 24 heavy (non-hydrogen) atoms. The lowest BCUT2D eigenvalue weighted by Gasteiger charge is -2.09. The monoisotopic (exact) mass is 466 g/mol. The van der Waals surface area contributed by atoms with Crippen LogP contribution in [0.5, 0.6) is 0 Å². The minimum absolute atomic E-state index is 0.206. The zero-order valence-corrected chi connectivity index (χ0v) is 16.3. The van der Waals surface area contributed by atoms with Gasteiger partial charge in [0.05, 0.1) is 13.2 Å². The molecule has 0 fully saturated rings. The van der Waals surface area contributed by atoms with Crippen LogP contribution >= 0.6 is 31.9 Å². The van der Waals surface area contributed by atoms with Gasteiger partial charge in [0, 0.05) is 10.7 Å². The van der Waals surface area contributed by atoms with E-state index in [9.17, 15) is 9.59 Å². The highest BCUT2D eigenvalue weighted by molar-refractivity contribution is 9.09. The SMILES string of the molecule is Nc1nc(C(=O)OCCCCBr)c(N)nc1C(=O)OCCCCBr. The number of alkyl halides is 2. The van der Waals surface area contributed by atoms with Crippen LogP contribution in [0.1, 0.15) is 46.7 Å². The van der Waals surface area contributed by atoms with E-state index in [4.69, 9.17) is 20.9 Å². The average Bonchev–Trinajstić information content (AvgIpc) is 2.57. The van der Waals surface area contributed by atoms with E-state index in [1.54, 1.807) is 0 Å². The molecule has 0 amide bonds. The van der Waals surface area contributed by atoms with Gasteiger partial charge in [0.1, 0.15) is 0 Å². The number of esters is 2. The maximum atomic E-state index is 11.9. The predicted octanol–water partition coefficient (Wildman–Crippen LogP) is 2.30. The maximum absolute atomic E-state index is 11.9. The first-order valence-corrected chi connectivity index (χ1v) is 9.64. The average molecular weight is 468 g/mol. The summed E-state index contributed by atoms with van der Waals surface area (Å²) in [6, 6.07) is 0. The summed E-state index contributed by atoms with van der Waals surface area (Å²) >= 11 is 6.57. The molecule has 4 N–H and O–H groups in total. The van der Waals surface area contributed by atoms with Gasteiger partial charge in [-0.25, -0.2) is 19.6 Å². The van der Waals surface area contributed by atoms with Gasteiger partial charge >= 0.3 is 11.9 Å². The normalized spacial score (nSPS) is 10.4. The van der Waals surface area contributed by atoms with Crippen molar-refractivity contribution in [3.8, 4) is 0 Å². The van der Waals surface area contributed by atoms with Crippen LogP contribution in [0.25, 0.3) is 0 Å². The number of aromatic nitrogens is 2. The number of unbranched alkanes of at least 4 members (excludes halogenated alkanes) is 2. The van der Waals surface area contributed by atoms with E-state index in [1.807, 2.05) is 0 Å². The maximum Gasteiger partial charge on any atom is 0.360 e. The van der Waals surface area contributed by atoms with Gasteiger partial charge in [-0.2, -0.15) is 0 Å². The molecule has 0 spiro atoms. The highest BCUT2D eigenvalue weighted by atomic mass is 79.9. The second-order valence-corrected chi connectivity index (χ2v) is 6.34. The van der Waals surface area contributed by atoms with E-state index in [2.05, 4.69) is 41.8 Å². The number of nitrogens with zero attached hydrogens (tertiary/aromatic N) is 2. The minimum atomic E-state index is -0.724. The Morgan fingerprint density at radius 1 is 0.792 bits per heavy atom. The number of anilines is 2. The van der Waals surface area contributed by atoms with Crippen molar-refractivity contribution in [2.24, 2.45) is 0 Å². The highest BCUT2D eigenvalue weighted by Gasteiger charge is 2.22. The Bertz CT molecular complexity index is 522. The van der Waals surface area contributed by atoms with Crippen molar-refractivity contribution in [3.05, 3.63) is 11.4 Å². The first-order valence-electron chi connectivity index (χ1n) is 7.40. The number of halogens is 2. The van der Waals surface area contributed by atoms with Crippen LogP contribution in [-0.2, 0) is 9.47 Å². The summed E-state index contributed by atoms with van der Waals surface area (Å²) in [5.74, 6) is -1.89. The Hall–Kier alpha value is -1.42. The number of carbonyl (C=O) groups is 2. The fraction of sp³-hybridized carbons (Fsp3) is 0.571. The Morgan fingerprint density at radius 2 is 1.17 bits per heavy atom. The highest BCUT2D eigenvalue weighted by Crippen LogP contribution is 2.15. The summed E-state index contributed by atoms with van der Waals surface area (Å²) < 4.78 is 10.1. The Balaban J connectivity index is 2.70. The molecule has 0 bridgehead atoms. The third-order valence-electron chi connectivity index (χ3n) is 2.86. The number of ether oxygens (including phenoxy) is 2. The van der Waals surface area contributed by atoms with Gasteiger partial charge in [0.25, 0.3) is 0 Å². The summed E-state index contributed by atoms with van der Waals surface area (Å²) in [5.41, 5.74) is 11.0. The number of rotatable bonds is 10. The summed E-state index contributed by atoms with van der Waals surface area (Å²) in [6.45, 7) is 0.478. The zero-order valence-electron chi connectivity index (χ0n) is 13.1. The van der Waals surface area contributed by atoms with Crippen LogP contribution in [0.4, 0.5) is 11.6 Å². The van der Waals surface area contributed by atoms with E-state index >= 15 is 0 Å². The third-order valence-corrected chi connectivity index (χ3v) is 3.98. The lowest BCUT2D eigenvalue weighted by Crippen LogP contribution is -2.19. The molecule has 134 valence electrons. The number of nitrogens with two attached hydrogens (primary N) is 2. The second-order valence-electron chi connectivity index (χ2n) is 4.76.